The van der Waals surface area contributed by atoms with Crippen molar-refractivity contribution in [2.75, 3.05) is 0 Å². The number of hydrogen-bond acceptors (Lipinski definition) is 2. The molecule has 1 N–H and O–H groups in total. The van der Waals surface area contributed by atoms with E-state index in [0.29, 0.717) is 0 Å². The fraction of sp³-hybridized carbons (Fsp3) is 0.0263. The molecule has 2 aliphatic rings. The minimum absolute atomic E-state index is 0.0356. The van der Waals surface area contributed by atoms with Crippen LogP contribution in [0.4, 0.5) is 0 Å². The zero-order valence-electron chi connectivity index (χ0n) is 22.8. The number of para-hydroxylation sites is 3. The number of rotatable bonds is 2. The second kappa shape index (κ2) is 8.95. The molecular formula is C38H26N4. The second-order valence-corrected chi connectivity index (χ2v) is 10.9. The number of nitrogens with one attached hydrogen (secondary N) is 1. The summed E-state index contributed by atoms with van der Waals surface area (Å²) in [7, 11) is 0. The predicted octanol–water partition coefficient (Wildman–Crippen LogP) is 8.60. The summed E-state index contributed by atoms with van der Waals surface area (Å²) in [5.74, 6) is 0.829. The van der Waals surface area contributed by atoms with Crippen LogP contribution in [0.3, 0.4) is 0 Å². The molecule has 7 aromatic rings. The van der Waals surface area contributed by atoms with E-state index in [0.717, 1.165) is 33.9 Å². The molecule has 1 unspecified atom stereocenters. The third-order valence-electron chi connectivity index (χ3n) is 8.54. The lowest BCUT2D eigenvalue weighted by atomic mass is 9.95. The van der Waals surface area contributed by atoms with Gasteiger partial charge in [0, 0.05) is 38.4 Å². The average Bonchev–Trinajstić information content (AvgIpc) is 3.56. The molecular weight excluding hydrogens is 512 g/mol. The van der Waals surface area contributed by atoms with Crippen LogP contribution in [-0.2, 0) is 0 Å². The largest absolute Gasteiger partial charge is 0.345 e. The van der Waals surface area contributed by atoms with Gasteiger partial charge < -0.3 is 9.88 Å². The maximum absolute atomic E-state index is 5.34. The van der Waals surface area contributed by atoms with Crippen LogP contribution in [0.15, 0.2) is 156 Å². The first kappa shape index (κ1) is 23.1. The summed E-state index contributed by atoms with van der Waals surface area (Å²) in [6.07, 6.45) is 8.59. The topological polar surface area (TPSA) is 34.2 Å². The molecule has 198 valence electrons. The Morgan fingerprint density at radius 2 is 1.17 bits per heavy atom. The van der Waals surface area contributed by atoms with Gasteiger partial charge in [-0.1, -0.05) is 109 Å². The van der Waals surface area contributed by atoms with Crippen molar-refractivity contribution < 1.29 is 0 Å². The fourth-order valence-electron chi connectivity index (χ4n) is 6.69. The van der Waals surface area contributed by atoms with Gasteiger partial charge in [0.05, 0.1) is 33.8 Å². The maximum Gasteiger partial charge on any atom is 0.209 e. The van der Waals surface area contributed by atoms with Crippen molar-refractivity contribution in [3.8, 4) is 5.69 Å². The maximum atomic E-state index is 5.34. The molecule has 0 bridgehead atoms. The van der Waals surface area contributed by atoms with Crippen LogP contribution in [0.25, 0.3) is 55.0 Å². The van der Waals surface area contributed by atoms with Gasteiger partial charge in [-0.15, -0.1) is 0 Å². The molecule has 0 spiro atoms. The molecule has 0 radical (unpaired) electrons. The van der Waals surface area contributed by atoms with Crippen LogP contribution < -0.4 is 5.32 Å². The number of aromatic nitrogens is 2. The van der Waals surface area contributed by atoms with E-state index in [1.165, 1.54) is 38.2 Å². The summed E-state index contributed by atoms with van der Waals surface area (Å²) in [5, 5.41) is 8.70. The first-order valence-electron chi connectivity index (χ1n) is 14.4. The van der Waals surface area contributed by atoms with E-state index in [4.69, 9.17) is 4.99 Å². The van der Waals surface area contributed by atoms with Crippen LogP contribution in [-0.4, -0.2) is 21.1 Å². The van der Waals surface area contributed by atoms with Gasteiger partial charge >= 0.3 is 0 Å². The van der Waals surface area contributed by atoms with Crippen molar-refractivity contribution in [2.45, 2.75) is 6.04 Å². The Kier molecular flexibility index (Phi) is 4.93. The Labute approximate surface area is 242 Å². The third-order valence-corrected chi connectivity index (χ3v) is 8.54. The standard InChI is InChI=1S/C38H26N4/c1-3-13-25(14-4-1)37-29-19-7-10-20-32(29)39-38(40-37)42-34-22-12-9-18-28(34)31-23-30-27-17-8-11-21-33(27)41(35(30)24-36(31)42)26-15-5-2-6-16-26/h1-24,32H,(H,39,40). The van der Waals surface area contributed by atoms with Gasteiger partial charge in [-0.2, -0.15) is 0 Å². The molecule has 1 atom stereocenters. The predicted molar refractivity (Wildman–Crippen MR) is 175 cm³/mol. The molecule has 3 heterocycles. The molecule has 4 heteroatoms. The first-order valence-corrected chi connectivity index (χ1v) is 14.4. The number of fused-ring (bicyclic) bond motifs is 7. The molecule has 1 aliphatic heterocycles. The molecule has 0 amide bonds. The number of hydrogen-bond donors (Lipinski definition) is 1. The Hall–Kier alpha value is -5.61. The minimum Gasteiger partial charge on any atom is -0.345 e. The Bertz CT molecular complexity index is 2310. The van der Waals surface area contributed by atoms with Crippen LogP contribution in [0.2, 0.25) is 0 Å². The lowest BCUT2D eigenvalue weighted by Crippen LogP contribution is -2.42. The molecule has 5 aromatic carbocycles. The lowest BCUT2D eigenvalue weighted by molar-refractivity contribution is 0.805. The van der Waals surface area contributed by atoms with E-state index in [1.54, 1.807) is 0 Å². The van der Waals surface area contributed by atoms with Gasteiger partial charge in [-0.05, 0) is 36.4 Å². The van der Waals surface area contributed by atoms with Crippen molar-refractivity contribution in [3.63, 3.8) is 0 Å². The average molecular weight is 539 g/mol. The van der Waals surface area contributed by atoms with E-state index in [1.807, 2.05) is 0 Å². The van der Waals surface area contributed by atoms with Crippen molar-refractivity contribution >= 4 is 55.3 Å². The van der Waals surface area contributed by atoms with Crippen LogP contribution in [0.1, 0.15) is 5.56 Å². The highest BCUT2D eigenvalue weighted by atomic mass is 15.2. The molecule has 9 rings (SSSR count). The van der Waals surface area contributed by atoms with Gasteiger partial charge in [0.2, 0.25) is 5.96 Å². The van der Waals surface area contributed by atoms with Gasteiger partial charge in [0.15, 0.2) is 0 Å². The summed E-state index contributed by atoms with van der Waals surface area (Å²) < 4.78 is 4.69. The van der Waals surface area contributed by atoms with E-state index < -0.39 is 0 Å². The Balaban J connectivity index is 1.39. The number of allylic oxidation sites excluding steroid dienone is 2. The van der Waals surface area contributed by atoms with Crippen molar-refractivity contribution in [2.24, 2.45) is 4.99 Å². The van der Waals surface area contributed by atoms with Gasteiger partial charge in [0.1, 0.15) is 0 Å². The normalized spacial score (nSPS) is 16.4. The highest BCUT2D eigenvalue weighted by Crippen LogP contribution is 2.39. The van der Waals surface area contributed by atoms with Crippen molar-refractivity contribution in [3.05, 3.63) is 157 Å². The molecule has 0 saturated carbocycles. The van der Waals surface area contributed by atoms with E-state index in [9.17, 15) is 0 Å². The van der Waals surface area contributed by atoms with Crippen LogP contribution >= 0.6 is 0 Å². The number of benzene rings is 5. The first-order chi connectivity index (χ1) is 20.8. The minimum atomic E-state index is 0.0356. The molecule has 4 nitrogen and oxygen atoms in total. The monoisotopic (exact) mass is 538 g/mol. The lowest BCUT2D eigenvalue weighted by Gasteiger charge is -2.28. The molecule has 42 heavy (non-hydrogen) atoms. The molecule has 0 fully saturated rings. The molecule has 2 aromatic heterocycles. The molecule has 0 saturated heterocycles. The fourth-order valence-corrected chi connectivity index (χ4v) is 6.69. The van der Waals surface area contributed by atoms with Gasteiger partial charge in [-0.25, -0.2) is 4.99 Å². The summed E-state index contributed by atoms with van der Waals surface area (Å²) in [6.45, 7) is 0. The Morgan fingerprint density at radius 3 is 1.90 bits per heavy atom. The summed E-state index contributed by atoms with van der Waals surface area (Å²) in [4.78, 5) is 5.34. The van der Waals surface area contributed by atoms with E-state index in [-0.39, 0.29) is 6.04 Å². The quantitative estimate of drug-likeness (QED) is 0.235. The zero-order chi connectivity index (χ0) is 27.6. The smallest absolute Gasteiger partial charge is 0.209 e. The van der Waals surface area contributed by atoms with E-state index >= 15 is 0 Å². The molecule has 1 aliphatic carbocycles. The Morgan fingerprint density at radius 1 is 0.548 bits per heavy atom. The van der Waals surface area contributed by atoms with Crippen molar-refractivity contribution in [1.82, 2.24) is 14.5 Å². The summed E-state index contributed by atoms with van der Waals surface area (Å²) in [5.41, 5.74) is 9.08. The summed E-state index contributed by atoms with van der Waals surface area (Å²) in [6, 6.07) is 43.3. The second-order valence-electron chi connectivity index (χ2n) is 10.9. The van der Waals surface area contributed by atoms with Crippen LogP contribution in [0, 0.1) is 0 Å². The highest BCUT2D eigenvalue weighted by Gasteiger charge is 2.27. The highest BCUT2D eigenvalue weighted by molar-refractivity contribution is 6.21. The van der Waals surface area contributed by atoms with E-state index in [2.05, 4.69) is 160 Å². The van der Waals surface area contributed by atoms with Crippen LogP contribution in [0.5, 0.6) is 0 Å². The van der Waals surface area contributed by atoms with Gasteiger partial charge in [-0.3, -0.25) is 4.57 Å². The zero-order valence-corrected chi connectivity index (χ0v) is 22.8. The number of nitrogens with zero attached hydrogens (tertiary/aromatic N) is 3. The van der Waals surface area contributed by atoms with Gasteiger partial charge in [0.25, 0.3) is 0 Å². The SMILES string of the molecule is C1=CC2=C(c3ccccc3)N=C(n3c4ccccc4c4cc5c6ccccc6n(-c6ccccc6)c5cc43)NC2C=C1. The number of aliphatic imine (C=N–C) groups is 1. The third kappa shape index (κ3) is 3.32. The summed E-state index contributed by atoms with van der Waals surface area (Å²) >= 11 is 0. The van der Waals surface area contributed by atoms with Crippen molar-refractivity contribution in [1.29, 1.82) is 0 Å².